The smallest absolute Gasteiger partial charge is 0.0526 e. The maximum Gasteiger partial charge on any atom is 0.0526 e. The Morgan fingerprint density at radius 1 is 1.40 bits per heavy atom. The van der Waals surface area contributed by atoms with Gasteiger partial charge in [0.2, 0.25) is 0 Å². The second-order valence-corrected chi connectivity index (χ2v) is 4.80. The number of aryl methyl sites for hydroxylation is 2. The van der Waals surface area contributed by atoms with E-state index in [0.717, 1.165) is 23.1 Å². The SMILES string of the molecule is NNc1cc2c3c(c1)c(Br)cn3CCC2. The molecule has 1 aromatic heterocycles. The lowest BCUT2D eigenvalue weighted by Gasteiger charge is -2.16. The molecule has 0 bridgehead atoms. The second-order valence-electron chi connectivity index (χ2n) is 3.95. The van der Waals surface area contributed by atoms with Crippen LogP contribution in [-0.4, -0.2) is 4.57 Å². The van der Waals surface area contributed by atoms with Gasteiger partial charge in [0.1, 0.15) is 0 Å². The van der Waals surface area contributed by atoms with Crippen LogP contribution in [0.3, 0.4) is 0 Å². The highest BCUT2D eigenvalue weighted by Crippen LogP contribution is 2.34. The van der Waals surface area contributed by atoms with Gasteiger partial charge in [-0.1, -0.05) is 0 Å². The van der Waals surface area contributed by atoms with Crippen LogP contribution in [0.4, 0.5) is 5.69 Å². The molecule has 0 spiro atoms. The first-order valence-corrected chi connectivity index (χ1v) is 5.87. The van der Waals surface area contributed by atoms with Gasteiger partial charge in [0.15, 0.2) is 0 Å². The van der Waals surface area contributed by atoms with E-state index in [4.69, 9.17) is 5.84 Å². The van der Waals surface area contributed by atoms with Crippen LogP contribution in [0.25, 0.3) is 10.9 Å². The highest BCUT2D eigenvalue weighted by molar-refractivity contribution is 9.10. The van der Waals surface area contributed by atoms with Gasteiger partial charge in [0.25, 0.3) is 0 Å². The number of aromatic nitrogens is 1. The minimum atomic E-state index is 0.984. The molecule has 3 nitrogen and oxygen atoms in total. The minimum Gasteiger partial charge on any atom is -0.346 e. The summed E-state index contributed by atoms with van der Waals surface area (Å²) in [6, 6.07) is 4.23. The summed E-state index contributed by atoms with van der Waals surface area (Å²) < 4.78 is 3.47. The molecule has 15 heavy (non-hydrogen) atoms. The molecule has 0 fully saturated rings. The first kappa shape index (κ1) is 9.24. The number of anilines is 1. The number of nitrogen functional groups attached to an aromatic ring is 1. The van der Waals surface area contributed by atoms with Crippen molar-refractivity contribution in [1.82, 2.24) is 4.57 Å². The fraction of sp³-hybridized carbons (Fsp3) is 0.273. The van der Waals surface area contributed by atoms with Crippen molar-refractivity contribution in [3.8, 4) is 0 Å². The van der Waals surface area contributed by atoms with E-state index in [1.807, 2.05) is 0 Å². The molecule has 3 N–H and O–H groups in total. The van der Waals surface area contributed by atoms with Gasteiger partial charge in [-0.05, 0) is 46.5 Å². The molecule has 1 aromatic carbocycles. The molecule has 2 heterocycles. The summed E-state index contributed by atoms with van der Waals surface area (Å²) in [5.41, 5.74) is 6.45. The van der Waals surface area contributed by atoms with Crippen LogP contribution in [0.2, 0.25) is 0 Å². The van der Waals surface area contributed by atoms with Crippen molar-refractivity contribution < 1.29 is 0 Å². The zero-order valence-corrected chi connectivity index (χ0v) is 9.84. The van der Waals surface area contributed by atoms with Crippen LogP contribution in [0, 0.1) is 0 Å². The van der Waals surface area contributed by atoms with Gasteiger partial charge >= 0.3 is 0 Å². The number of halogens is 1. The van der Waals surface area contributed by atoms with Gasteiger partial charge in [-0.15, -0.1) is 0 Å². The maximum absolute atomic E-state index is 5.47. The molecule has 78 valence electrons. The van der Waals surface area contributed by atoms with Gasteiger partial charge in [-0.3, -0.25) is 5.84 Å². The highest BCUT2D eigenvalue weighted by atomic mass is 79.9. The van der Waals surface area contributed by atoms with E-state index >= 15 is 0 Å². The molecular weight excluding hydrogens is 254 g/mol. The van der Waals surface area contributed by atoms with E-state index in [0.29, 0.717) is 0 Å². The largest absolute Gasteiger partial charge is 0.346 e. The van der Waals surface area contributed by atoms with Gasteiger partial charge < -0.3 is 9.99 Å². The Kier molecular flexibility index (Phi) is 2.00. The Bertz CT molecular complexity index is 530. The molecule has 2 aromatic rings. The summed E-state index contributed by atoms with van der Waals surface area (Å²) >= 11 is 3.59. The number of nitrogens with zero attached hydrogens (tertiary/aromatic N) is 1. The lowest BCUT2D eigenvalue weighted by atomic mass is 10.0. The number of hydrazine groups is 1. The summed E-state index contributed by atoms with van der Waals surface area (Å²) in [6.07, 6.45) is 4.51. The molecule has 0 saturated heterocycles. The summed E-state index contributed by atoms with van der Waals surface area (Å²) in [5, 5.41) is 1.25. The Morgan fingerprint density at radius 3 is 3.07 bits per heavy atom. The van der Waals surface area contributed by atoms with Crippen LogP contribution in [0.1, 0.15) is 12.0 Å². The number of nitrogens with one attached hydrogen (secondary N) is 1. The van der Waals surface area contributed by atoms with E-state index < -0.39 is 0 Å². The molecule has 0 aliphatic carbocycles. The topological polar surface area (TPSA) is 43.0 Å². The number of rotatable bonds is 1. The Labute approximate surface area is 96.3 Å². The standard InChI is InChI=1S/C11H12BrN3/c12-10-6-15-3-1-2-7-4-8(14-13)5-9(10)11(7)15/h4-6,14H,1-3,13H2. The van der Waals surface area contributed by atoms with Crippen molar-refractivity contribution in [2.24, 2.45) is 5.84 Å². The lowest BCUT2D eigenvalue weighted by molar-refractivity contribution is 0.635. The number of hydrogen-bond donors (Lipinski definition) is 2. The molecule has 1 aliphatic rings. The Balaban J connectivity index is 2.40. The van der Waals surface area contributed by atoms with Gasteiger partial charge in [0, 0.05) is 28.3 Å². The van der Waals surface area contributed by atoms with E-state index in [1.54, 1.807) is 0 Å². The summed E-state index contributed by atoms with van der Waals surface area (Å²) in [4.78, 5) is 0. The van der Waals surface area contributed by atoms with E-state index in [-0.39, 0.29) is 0 Å². The molecule has 1 aliphatic heterocycles. The van der Waals surface area contributed by atoms with Crippen molar-refractivity contribution in [3.05, 3.63) is 28.4 Å². The average molecular weight is 266 g/mol. The highest BCUT2D eigenvalue weighted by Gasteiger charge is 2.15. The zero-order valence-electron chi connectivity index (χ0n) is 8.26. The Hall–Kier alpha value is -1.00. The first-order chi connectivity index (χ1) is 7.29. The molecule has 3 rings (SSSR count). The molecule has 0 saturated carbocycles. The first-order valence-electron chi connectivity index (χ1n) is 5.07. The second kappa shape index (κ2) is 3.25. The predicted molar refractivity (Wildman–Crippen MR) is 65.8 cm³/mol. The monoisotopic (exact) mass is 265 g/mol. The van der Waals surface area contributed by atoms with Crippen LogP contribution < -0.4 is 11.3 Å². The van der Waals surface area contributed by atoms with E-state index in [2.05, 4.69) is 44.3 Å². The fourth-order valence-electron chi connectivity index (χ4n) is 2.38. The van der Waals surface area contributed by atoms with Crippen molar-refractivity contribution in [2.75, 3.05) is 5.43 Å². The number of nitrogens with two attached hydrogens (primary N) is 1. The maximum atomic E-state index is 5.47. The van der Waals surface area contributed by atoms with Crippen LogP contribution >= 0.6 is 15.9 Å². The van der Waals surface area contributed by atoms with E-state index in [9.17, 15) is 0 Å². The van der Waals surface area contributed by atoms with Crippen molar-refractivity contribution in [1.29, 1.82) is 0 Å². The van der Waals surface area contributed by atoms with Crippen molar-refractivity contribution >= 4 is 32.5 Å². The van der Waals surface area contributed by atoms with Gasteiger partial charge in [0.05, 0.1) is 5.52 Å². The van der Waals surface area contributed by atoms with Crippen molar-refractivity contribution in [2.45, 2.75) is 19.4 Å². The zero-order chi connectivity index (χ0) is 10.4. The molecule has 0 atom stereocenters. The van der Waals surface area contributed by atoms with Crippen molar-refractivity contribution in [3.63, 3.8) is 0 Å². The van der Waals surface area contributed by atoms with Gasteiger partial charge in [-0.2, -0.15) is 0 Å². The quantitative estimate of drug-likeness (QED) is 0.615. The number of hydrogen-bond acceptors (Lipinski definition) is 2. The third-order valence-electron chi connectivity index (χ3n) is 3.01. The fourth-order valence-corrected chi connectivity index (χ4v) is 2.93. The summed E-state index contributed by atoms with van der Waals surface area (Å²) in [6.45, 7) is 1.12. The molecular formula is C11H12BrN3. The average Bonchev–Trinajstić information content (AvgIpc) is 2.58. The molecule has 0 radical (unpaired) electrons. The molecule has 4 heteroatoms. The molecule has 0 unspecified atom stereocenters. The lowest BCUT2D eigenvalue weighted by Crippen LogP contribution is -2.10. The predicted octanol–water partition coefficient (Wildman–Crippen LogP) is 2.64. The van der Waals surface area contributed by atoms with Crippen LogP contribution in [0.15, 0.2) is 22.8 Å². The number of benzene rings is 1. The van der Waals surface area contributed by atoms with Gasteiger partial charge in [-0.25, -0.2) is 0 Å². The summed E-state index contributed by atoms with van der Waals surface area (Å²) in [7, 11) is 0. The third-order valence-corrected chi connectivity index (χ3v) is 3.65. The van der Waals surface area contributed by atoms with E-state index in [1.165, 1.54) is 22.9 Å². The summed E-state index contributed by atoms with van der Waals surface area (Å²) in [5.74, 6) is 5.47. The Morgan fingerprint density at radius 2 is 2.27 bits per heavy atom. The molecule has 0 amide bonds. The minimum absolute atomic E-state index is 0.984. The third kappa shape index (κ3) is 1.28. The van der Waals surface area contributed by atoms with Crippen LogP contribution in [0.5, 0.6) is 0 Å². The normalized spacial score (nSPS) is 14.5. The van der Waals surface area contributed by atoms with Crippen LogP contribution in [-0.2, 0) is 13.0 Å².